The number of aromatic amines is 1. The summed E-state index contributed by atoms with van der Waals surface area (Å²) >= 11 is 0. The van der Waals surface area contributed by atoms with E-state index in [-0.39, 0.29) is 24.6 Å². The van der Waals surface area contributed by atoms with Crippen LogP contribution in [-0.4, -0.2) is 60.0 Å². The van der Waals surface area contributed by atoms with Gasteiger partial charge in [0.2, 0.25) is 0 Å². The zero-order valence-electron chi connectivity index (χ0n) is 19.2. The number of pyridine rings is 1. The number of rotatable bonds is 10. The second-order valence-corrected chi connectivity index (χ2v) is 9.26. The van der Waals surface area contributed by atoms with E-state index in [9.17, 15) is 13.2 Å². The van der Waals surface area contributed by atoms with Gasteiger partial charge in [0.25, 0.3) is 5.88 Å². The predicted molar refractivity (Wildman–Crippen MR) is 122 cm³/mol. The first-order valence-electron chi connectivity index (χ1n) is 11.9. The summed E-state index contributed by atoms with van der Waals surface area (Å²) in [4.78, 5) is 8.73. The number of halogens is 5. The first-order valence-corrected chi connectivity index (χ1v) is 11.9. The number of aromatic nitrogens is 2. The van der Waals surface area contributed by atoms with Gasteiger partial charge in [-0.25, -0.2) is 22.5 Å². The van der Waals surface area contributed by atoms with Gasteiger partial charge in [-0.2, -0.15) is 0 Å². The van der Waals surface area contributed by atoms with Crippen molar-refractivity contribution < 1.29 is 26.7 Å². The highest BCUT2D eigenvalue weighted by Gasteiger charge is 2.48. The Kier molecular flexibility index (Phi) is 6.67. The van der Waals surface area contributed by atoms with Crippen LogP contribution in [0.4, 0.5) is 22.0 Å². The monoisotopic (exact) mass is 494 g/mol. The highest BCUT2D eigenvalue weighted by atomic mass is 19.2. The number of fused-ring (bicyclic) bond motifs is 3. The average molecular weight is 495 g/mol. The van der Waals surface area contributed by atoms with E-state index in [1.807, 2.05) is 0 Å². The third kappa shape index (κ3) is 4.86. The Morgan fingerprint density at radius 3 is 2.80 bits per heavy atom. The molecule has 3 aromatic rings. The maximum Gasteiger partial charge on any atom is 0.250 e. The van der Waals surface area contributed by atoms with Crippen molar-refractivity contribution in [1.29, 1.82) is 0 Å². The van der Waals surface area contributed by atoms with Crippen LogP contribution < -0.4 is 10.1 Å². The first-order chi connectivity index (χ1) is 16.9. The molecule has 5 rings (SSSR count). The number of benzene rings is 1. The number of hydrogen-bond acceptors (Lipinski definition) is 4. The van der Waals surface area contributed by atoms with Crippen LogP contribution >= 0.6 is 0 Å². The van der Waals surface area contributed by atoms with Crippen molar-refractivity contribution in [3.63, 3.8) is 0 Å². The Morgan fingerprint density at radius 1 is 1.20 bits per heavy atom. The van der Waals surface area contributed by atoms with E-state index >= 15 is 8.78 Å². The molecule has 10 heteroatoms. The van der Waals surface area contributed by atoms with E-state index in [1.165, 1.54) is 12.1 Å². The summed E-state index contributed by atoms with van der Waals surface area (Å²) in [5.74, 6) is -2.59. The maximum atomic E-state index is 15.7. The largest absolute Gasteiger partial charge is 0.474 e. The summed E-state index contributed by atoms with van der Waals surface area (Å²) in [6.45, 7) is 0.813. The van der Waals surface area contributed by atoms with E-state index in [4.69, 9.17) is 4.74 Å². The average Bonchev–Trinajstić information content (AvgIpc) is 3.45. The molecular weight excluding hydrogens is 467 g/mol. The highest BCUT2D eigenvalue weighted by molar-refractivity contribution is 5.85. The Labute approximate surface area is 199 Å². The number of alkyl halides is 2. The maximum absolute atomic E-state index is 15.7. The Bertz CT molecular complexity index is 1210. The fourth-order valence-corrected chi connectivity index (χ4v) is 4.82. The molecule has 1 fully saturated rings. The summed E-state index contributed by atoms with van der Waals surface area (Å²) < 4.78 is 77.3. The van der Waals surface area contributed by atoms with Crippen LogP contribution in [0.2, 0.25) is 0 Å². The van der Waals surface area contributed by atoms with Crippen LogP contribution in [0.25, 0.3) is 10.9 Å². The van der Waals surface area contributed by atoms with Gasteiger partial charge in [-0.15, -0.1) is 0 Å². The molecule has 0 radical (unpaired) electrons. The molecule has 2 N–H and O–H groups in total. The van der Waals surface area contributed by atoms with Crippen molar-refractivity contribution >= 4 is 10.9 Å². The molecule has 1 atom stereocenters. The van der Waals surface area contributed by atoms with Crippen molar-refractivity contribution in [2.24, 2.45) is 0 Å². The normalized spacial score (nSPS) is 19.2. The lowest BCUT2D eigenvalue weighted by atomic mass is 9.91. The lowest BCUT2D eigenvalue weighted by molar-refractivity contribution is 0.134. The van der Waals surface area contributed by atoms with Gasteiger partial charge in [-0.3, -0.25) is 9.29 Å². The van der Waals surface area contributed by atoms with Gasteiger partial charge in [0.05, 0.1) is 24.5 Å². The van der Waals surface area contributed by atoms with Gasteiger partial charge in [0.1, 0.15) is 23.9 Å². The molecule has 1 saturated carbocycles. The highest BCUT2D eigenvalue weighted by Crippen LogP contribution is 2.46. The lowest BCUT2D eigenvalue weighted by Crippen LogP contribution is -2.41. The van der Waals surface area contributed by atoms with Gasteiger partial charge < -0.3 is 15.0 Å². The van der Waals surface area contributed by atoms with E-state index in [0.29, 0.717) is 61.9 Å². The standard InChI is InChI=1S/C25H27F5N4O/c26-7-1-8-31-9-11-35-24-21(29)20(18(28)13-32-24)23-22-16(4-10-34(23)14-25(30)5-6-25)17-12-15(27)2-3-19(17)33-22/h2-3,12-13,23,31,33H,1,4-11,14H2/t23-/m1/s1. The molecule has 2 aromatic heterocycles. The predicted octanol–water partition coefficient (Wildman–Crippen LogP) is 4.76. The topological polar surface area (TPSA) is 53.2 Å². The first kappa shape index (κ1) is 24.0. The van der Waals surface area contributed by atoms with E-state index in [1.54, 1.807) is 11.0 Å². The Morgan fingerprint density at radius 2 is 2.03 bits per heavy atom. The summed E-state index contributed by atoms with van der Waals surface area (Å²) in [6, 6.07) is 3.36. The van der Waals surface area contributed by atoms with E-state index in [0.717, 1.165) is 11.8 Å². The second kappa shape index (κ2) is 9.73. The summed E-state index contributed by atoms with van der Waals surface area (Å²) in [5.41, 5.74) is 0.273. The van der Waals surface area contributed by atoms with Gasteiger partial charge >= 0.3 is 0 Å². The third-order valence-corrected chi connectivity index (χ3v) is 6.72. The molecular formula is C25H27F5N4O. The van der Waals surface area contributed by atoms with Gasteiger partial charge in [-0.05, 0) is 56.0 Å². The van der Waals surface area contributed by atoms with Crippen molar-refractivity contribution in [3.05, 3.63) is 58.7 Å². The third-order valence-electron chi connectivity index (χ3n) is 6.72. The quantitative estimate of drug-likeness (QED) is 0.315. The van der Waals surface area contributed by atoms with Crippen LogP contribution in [0.5, 0.6) is 5.88 Å². The minimum atomic E-state index is -1.38. The van der Waals surface area contributed by atoms with Crippen LogP contribution in [0.1, 0.15) is 42.1 Å². The number of nitrogens with zero attached hydrogens (tertiary/aromatic N) is 2. The van der Waals surface area contributed by atoms with Crippen molar-refractivity contribution in [3.8, 4) is 5.88 Å². The van der Waals surface area contributed by atoms with Gasteiger partial charge in [0, 0.05) is 36.2 Å². The summed E-state index contributed by atoms with van der Waals surface area (Å²) in [7, 11) is 0. The summed E-state index contributed by atoms with van der Waals surface area (Å²) in [6.07, 6.45) is 2.57. The van der Waals surface area contributed by atoms with Crippen molar-refractivity contribution in [2.75, 3.05) is 39.5 Å². The minimum Gasteiger partial charge on any atom is -0.474 e. The molecule has 0 amide bonds. The van der Waals surface area contributed by atoms with Crippen molar-refractivity contribution in [2.45, 2.75) is 37.4 Å². The molecule has 0 spiro atoms. The zero-order chi connectivity index (χ0) is 24.6. The Hall–Kier alpha value is -2.72. The SMILES string of the molecule is FCCCNCCOc1ncc(F)c([C@@H]2c3[nH]c4ccc(F)cc4c3CCN2CC2(F)CC2)c1F. The molecule has 1 aromatic carbocycles. The number of hydrogen-bond donors (Lipinski definition) is 2. The van der Waals surface area contributed by atoms with E-state index < -0.39 is 35.8 Å². The molecule has 5 nitrogen and oxygen atoms in total. The number of H-pyrrole nitrogens is 1. The van der Waals surface area contributed by atoms with Crippen LogP contribution in [-0.2, 0) is 6.42 Å². The summed E-state index contributed by atoms with van der Waals surface area (Å²) in [5, 5.41) is 3.61. The Balaban J connectivity index is 1.51. The van der Waals surface area contributed by atoms with Gasteiger partial charge in [0.15, 0.2) is 5.82 Å². The molecule has 3 heterocycles. The van der Waals surface area contributed by atoms with Crippen molar-refractivity contribution in [1.82, 2.24) is 20.2 Å². The van der Waals surface area contributed by atoms with Crippen LogP contribution in [0, 0.1) is 17.5 Å². The molecule has 2 aliphatic rings. The molecule has 0 saturated heterocycles. The fraction of sp³-hybridized carbons (Fsp3) is 0.480. The molecule has 0 bridgehead atoms. The van der Waals surface area contributed by atoms with Crippen LogP contribution in [0.15, 0.2) is 24.4 Å². The van der Waals surface area contributed by atoms with Crippen LogP contribution in [0.3, 0.4) is 0 Å². The second-order valence-electron chi connectivity index (χ2n) is 9.26. The minimum absolute atomic E-state index is 0.0384. The van der Waals surface area contributed by atoms with E-state index in [2.05, 4.69) is 15.3 Å². The molecule has 0 unspecified atom stereocenters. The zero-order valence-corrected chi connectivity index (χ0v) is 19.2. The van der Waals surface area contributed by atoms with Gasteiger partial charge in [-0.1, -0.05) is 0 Å². The molecule has 188 valence electrons. The smallest absolute Gasteiger partial charge is 0.250 e. The number of ether oxygens (including phenoxy) is 1. The lowest BCUT2D eigenvalue weighted by Gasteiger charge is -2.37. The molecule has 1 aliphatic heterocycles. The molecule has 35 heavy (non-hydrogen) atoms. The number of nitrogens with one attached hydrogen (secondary N) is 2. The fourth-order valence-electron chi connectivity index (χ4n) is 4.82. The molecule has 1 aliphatic carbocycles.